The van der Waals surface area contributed by atoms with E-state index in [4.69, 9.17) is 4.74 Å². The van der Waals surface area contributed by atoms with Crippen LogP contribution in [-0.2, 0) is 16.1 Å². The van der Waals surface area contributed by atoms with Crippen molar-refractivity contribution in [1.29, 1.82) is 0 Å². The van der Waals surface area contributed by atoms with Crippen LogP contribution in [-0.4, -0.2) is 60.6 Å². The summed E-state index contributed by atoms with van der Waals surface area (Å²) in [5.74, 6) is 0.744. The van der Waals surface area contributed by atoms with Crippen LogP contribution in [0.2, 0.25) is 0 Å². The third-order valence-corrected chi connectivity index (χ3v) is 7.23. The van der Waals surface area contributed by atoms with Gasteiger partial charge in [0.2, 0.25) is 5.91 Å². The number of nitrogens with one attached hydrogen (secondary N) is 1. The molecule has 0 saturated carbocycles. The standard InChI is InChI=1S/C26H33N3O2/c30-26(27-23-8-6-20(7-9-23)18-28-12-14-31-15-13-28)19-29-24-10-11-25(29)17-22(16-24)21-4-2-1-3-5-21/h1-9,22,24-25H,10-19H2,(H,27,30)/t22?,24-,25+. The maximum atomic E-state index is 12.8. The van der Waals surface area contributed by atoms with Crippen molar-refractivity contribution in [2.24, 2.45) is 0 Å². The van der Waals surface area contributed by atoms with Gasteiger partial charge in [-0.3, -0.25) is 14.6 Å². The highest BCUT2D eigenvalue weighted by molar-refractivity contribution is 5.92. The van der Waals surface area contributed by atoms with E-state index in [1.165, 1.54) is 36.8 Å². The largest absolute Gasteiger partial charge is 0.379 e. The fraction of sp³-hybridized carbons (Fsp3) is 0.500. The second kappa shape index (κ2) is 9.51. The lowest BCUT2D eigenvalue weighted by Gasteiger charge is -2.38. The number of carbonyl (C=O) groups is 1. The van der Waals surface area contributed by atoms with Gasteiger partial charge in [0.05, 0.1) is 19.8 Å². The monoisotopic (exact) mass is 419 g/mol. The lowest BCUT2D eigenvalue weighted by atomic mass is 9.85. The van der Waals surface area contributed by atoms with Gasteiger partial charge in [0.1, 0.15) is 0 Å². The molecule has 3 aliphatic heterocycles. The summed E-state index contributed by atoms with van der Waals surface area (Å²) in [6.07, 6.45) is 4.78. The molecule has 5 rings (SSSR count). The van der Waals surface area contributed by atoms with E-state index < -0.39 is 0 Å². The second-order valence-corrected chi connectivity index (χ2v) is 9.27. The summed E-state index contributed by atoms with van der Waals surface area (Å²) >= 11 is 0. The Bertz CT molecular complexity index is 850. The highest BCUT2D eigenvalue weighted by atomic mass is 16.5. The van der Waals surface area contributed by atoms with Crippen LogP contribution < -0.4 is 5.32 Å². The summed E-state index contributed by atoms with van der Waals surface area (Å²) in [4.78, 5) is 17.6. The van der Waals surface area contributed by atoms with Crippen LogP contribution >= 0.6 is 0 Å². The van der Waals surface area contributed by atoms with Crippen molar-refractivity contribution in [2.75, 3.05) is 38.2 Å². The van der Waals surface area contributed by atoms with E-state index in [1.54, 1.807) is 0 Å². The smallest absolute Gasteiger partial charge is 0.238 e. The van der Waals surface area contributed by atoms with Crippen LogP contribution in [0.3, 0.4) is 0 Å². The molecule has 0 radical (unpaired) electrons. The number of rotatable bonds is 6. The second-order valence-electron chi connectivity index (χ2n) is 9.27. The molecule has 1 amide bonds. The normalized spacial score (nSPS) is 26.6. The molecule has 3 fully saturated rings. The Labute approximate surface area is 185 Å². The number of morpholine rings is 1. The molecule has 1 N–H and O–H groups in total. The molecule has 31 heavy (non-hydrogen) atoms. The molecule has 1 unspecified atom stereocenters. The van der Waals surface area contributed by atoms with Crippen LogP contribution in [0, 0.1) is 0 Å². The van der Waals surface area contributed by atoms with Crippen LogP contribution in [0.4, 0.5) is 5.69 Å². The minimum absolute atomic E-state index is 0.107. The molecular formula is C26H33N3O2. The van der Waals surface area contributed by atoms with Crippen molar-refractivity contribution in [2.45, 2.75) is 50.2 Å². The van der Waals surface area contributed by atoms with Gasteiger partial charge in [-0.15, -0.1) is 0 Å². The number of fused-ring (bicyclic) bond motifs is 2. The van der Waals surface area contributed by atoms with Crippen molar-refractivity contribution in [3.8, 4) is 0 Å². The molecule has 0 spiro atoms. The Hall–Kier alpha value is -2.21. The Morgan fingerprint density at radius 3 is 2.29 bits per heavy atom. The third kappa shape index (κ3) is 5.00. The molecule has 3 aliphatic rings. The number of hydrogen-bond acceptors (Lipinski definition) is 4. The molecule has 2 aromatic rings. The van der Waals surface area contributed by atoms with Crippen molar-refractivity contribution in [3.63, 3.8) is 0 Å². The van der Waals surface area contributed by atoms with Crippen molar-refractivity contribution in [1.82, 2.24) is 9.80 Å². The molecule has 0 aromatic heterocycles. The average Bonchev–Trinajstić information content (AvgIpc) is 3.03. The summed E-state index contributed by atoms with van der Waals surface area (Å²) < 4.78 is 5.42. The molecule has 3 atom stereocenters. The molecule has 3 saturated heterocycles. The van der Waals surface area contributed by atoms with Crippen molar-refractivity contribution < 1.29 is 9.53 Å². The Morgan fingerprint density at radius 1 is 0.935 bits per heavy atom. The maximum absolute atomic E-state index is 12.8. The molecule has 0 aliphatic carbocycles. The fourth-order valence-corrected chi connectivity index (χ4v) is 5.61. The van der Waals surface area contributed by atoms with Gasteiger partial charge in [-0.2, -0.15) is 0 Å². The summed E-state index contributed by atoms with van der Waals surface area (Å²) in [5, 5.41) is 3.12. The van der Waals surface area contributed by atoms with E-state index in [1.807, 2.05) is 12.1 Å². The lowest BCUT2D eigenvalue weighted by Crippen LogP contribution is -2.46. The number of anilines is 1. The lowest BCUT2D eigenvalue weighted by molar-refractivity contribution is -0.118. The van der Waals surface area contributed by atoms with Gasteiger partial charge < -0.3 is 10.1 Å². The average molecular weight is 420 g/mol. The van der Waals surface area contributed by atoms with Crippen LogP contribution in [0.25, 0.3) is 0 Å². The van der Waals surface area contributed by atoms with E-state index in [0.717, 1.165) is 38.5 Å². The molecule has 5 heteroatoms. The van der Waals surface area contributed by atoms with Gasteiger partial charge in [-0.05, 0) is 54.9 Å². The first kappa shape index (κ1) is 20.7. The number of amides is 1. The minimum Gasteiger partial charge on any atom is -0.379 e. The number of piperidine rings is 1. The first-order valence-corrected chi connectivity index (χ1v) is 11.7. The van der Waals surface area contributed by atoms with E-state index in [9.17, 15) is 4.79 Å². The molecule has 2 bridgehead atoms. The topological polar surface area (TPSA) is 44.8 Å². The number of hydrogen-bond donors (Lipinski definition) is 1. The maximum Gasteiger partial charge on any atom is 0.238 e. The molecule has 2 aromatic carbocycles. The van der Waals surface area contributed by atoms with E-state index >= 15 is 0 Å². The summed E-state index contributed by atoms with van der Waals surface area (Å²) in [6.45, 7) is 5.06. The van der Waals surface area contributed by atoms with Gasteiger partial charge in [-0.1, -0.05) is 42.5 Å². The number of ether oxygens (including phenoxy) is 1. The van der Waals surface area contributed by atoms with Crippen molar-refractivity contribution in [3.05, 3.63) is 65.7 Å². The first-order chi connectivity index (χ1) is 15.2. The summed E-state index contributed by atoms with van der Waals surface area (Å²) in [6, 6.07) is 20.3. The predicted octanol–water partition coefficient (Wildman–Crippen LogP) is 3.87. The zero-order valence-corrected chi connectivity index (χ0v) is 18.2. The highest BCUT2D eigenvalue weighted by Gasteiger charge is 2.41. The van der Waals surface area contributed by atoms with Gasteiger partial charge >= 0.3 is 0 Å². The van der Waals surface area contributed by atoms with Gasteiger partial charge in [0.25, 0.3) is 0 Å². The summed E-state index contributed by atoms with van der Waals surface area (Å²) in [7, 11) is 0. The van der Waals surface area contributed by atoms with Crippen LogP contribution in [0.15, 0.2) is 54.6 Å². The van der Waals surface area contributed by atoms with E-state index in [-0.39, 0.29) is 5.91 Å². The first-order valence-electron chi connectivity index (χ1n) is 11.7. The van der Waals surface area contributed by atoms with E-state index in [0.29, 0.717) is 24.5 Å². The van der Waals surface area contributed by atoms with Gasteiger partial charge in [-0.25, -0.2) is 0 Å². The Kier molecular flexibility index (Phi) is 6.35. The SMILES string of the molecule is O=C(CN1[C@@H]2CC[C@H]1CC(c1ccccc1)C2)Nc1ccc(CN2CCOCC2)cc1. The van der Waals surface area contributed by atoms with Crippen LogP contribution in [0.5, 0.6) is 0 Å². The fourth-order valence-electron chi connectivity index (χ4n) is 5.61. The zero-order valence-electron chi connectivity index (χ0n) is 18.2. The zero-order chi connectivity index (χ0) is 21.0. The quantitative estimate of drug-likeness (QED) is 0.772. The highest BCUT2D eigenvalue weighted by Crippen LogP contribution is 2.42. The minimum atomic E-state index is 0.107. The summed E-state index contributed by atoms with van der Waals surface area (Å²) in [5.41, 5.74) is 3.63. The molecule has 164 valence electrons. The van der Waals surface area contributed by atoms with Gasteiger partial charge in [0.15, 0.2) is 0 Å². The number of carbonyl (C=O) groups excluding carboxylic acids is 1. The molecule has 3 heterocycles. The van der Waals surface area contributed by atoms with Crippen molar-refractivity contribution >= 4 is 11.6 Å². The van der Waals surface area contributed by atoms with Crippen LogP contribution in [0.1, 0.15) is 42.7 Å². The van der Waals surface area contributed by atoms with E-state index in [2.05, 4.69) is 57.6 Å². The number of nitrogens with zero attached hydrogens (tertiary/aromatic N) is 2. The predicted molar refractivity (Wildman–Crippen MR) is 123 cm³/mol. The Balaban J connectivity index is 1.13. The van der Waals surface area contributed by atoms with Gasteiger partial charge in [0, 0.05) is 37.4 Å². The number of benzene rings is 2. The Morgan fingerprint density at radius 2 is 1.61 bits per heavy atom. The molecular weight excluding hydrogens is 386 g/mol. The molecule has 5 nitrogen and oxygen atoms in total. The third-order valence-electron chi connectivity index (χ3n) is 7.23.